The highest BCUT2D eigenvalue weighted by molar-refractivity contribution is 5.94. The van der Waals surface area contributed by atoms with E-state index in [-0.39, 0.29) is 5.91 Å². The Morgan fingerprint density at radius 2 is 2.00 bits per heavy atom. The monoisotopic (exact) mass is 325 g/mol. The SMILES string of the molecule is O=C(c1ccc(N2CCCC2)nc1)N1CCC[C@@H](c2ccn[nH]2)C1. The second-order valence-electron chi connectivity index (χ2n) is 6.70. The number of anilines is 1. The molecule has 2 aliphatic rings. The molecule has 1 N–H and O–H groups in total. The lowest BCUT2D eigenvalue weighted by atomic mass is 9.94. The van der Waals surface area contributed by atoms with Gasteiger partial charge in [0.2, 0.25) is 0 Å². The first-order valence-corrected chi connectivity index (χ1v) is 8.81. The predicted molar refractivity (Wildman–Crippen MR) is 92.2 cm³/mol. The molecule has 0 aromatic carbocycles. The van der Waals surface area contributed by atoms with Crippen LogP contribution in [-0.2, 0) is 0 Å². The van der Waals surface area contributed by atoms with Crippen molar-refractivity contribution in [2.75, 3.05) is 31.1 Å². The van der Waals surface area contributed by atoms with E-state index in [0.29, 0.717) is 11.5 Å². The number of hydrogen-bond acceptors (Lipinski definition) is 4. The van der Waals surface area contributed by atoms with Gasteiger partial charge in [-0.05, 0) is 43.9 Å². The predicted octanol–water partition coefficient (Wildman–Crippen LogP) is 2.42. The van der Waals surface area contributed by atoms with Crippen molar-refractivity contribution in [2.24, 2.45) is 0 Å². The molecule has 6 heteroatoms. The summed E-state index contributed by atoms with van der Waals surface area (Å²) in [5, 5.41) is 7.07. The lowest BCUT2D eigenvalue weighted by Crippen LogP contribution is -2.39. The van der Waals surface area contributed by atoms with Crippen LogP contribution in [0.1, 0.15) is 47.7 Å². The number of aromatic amines is 1. The molecule has 2 fully saturated rings. The van der Waals surface area contributed by atoms with Gasteiger partial charge in [0.25, 0.3) is 5.91 Å². The summed E-state index contributed by atoms with van der Waals surface area (Å²) >= 11 is 0. The number of pyridine rings is 1. The summed E-state index contributed by atoms with van der Waals surface area (Å²) < 4.78 is 0. The van der Waals surface area contributed by atoms with Crippen molar-refractivity contribution in [1.82, 2.24) is 20.1 Å². The highest BCUT2D eigenvalue weighted by Crippen LogP contribution is 2.26. The van der Waals surface area contributed by atoms with Gasteiger partial charge in [0.05, 0.1) is 5.56 Å². The van der Waals surface area contributed by atoms with Crippen LogP contribution < -0.4 is 4.90 Å². The fraction of sp³-hybridized carbons (Fsp3) is 0.500. The van der Waals surface area contributed by atoms with Crippen LogP contribution in [-0.4, -0.2) is 52.2 Å². The third-order valence-corrected chi connectivity index (χ3v) is 5.10. The molecule has 0 bridgehead atoms. The summed E-state index contributed by atoms with van der Waals surface area (Å²) in [6, 6.07) is 5.91. The van der Waals surface area contributed by atoms with Gasteiger partial charge < -0.3 is 9.80 Å². The van der Waals surface area contributed by atoms with E-state index in [2.05, 4.69) is 20.1 Å². The molecule has 4 rings (SSSR count). The van der Waals surface area contributed by atoms with Gasteiger partial charge in [-0.15, -0.1) is 0 Å². The molecular weight excluding hydrogens is 302 g/mol. The summed E-state index contributed by atoms with van der Waals surface area (Å²) in [7, 11) is 0. The molecule has 1 amide bonds. The third kappa shape index (κ3) is 3.00. The van der Waals surface area contributed by atoms with Crippen LogP contribution in [0.15, 0.2) is 30.6 Å². The lowest BCUT2D eigenvalue weighted by molar-refractivity contribution is 0.0705. The molecule has 6 nitrogen and oxygen atoms in total. The molecule has 0 saturated carbocycles. The first kappa shape index (κ1) is 15.2. The molecular formula is C18H23N5O. The van der Waals surface area contributed by atoms with Gasteiger partial charge in [-0.3, -0.25) is 9.89 Å². The number of rotatable bonds is 3. The number of amides is 1. The minimum absolute atomic E-state index is 0.0830. The molecule has 4 heterocycles. The zero-order valence-corrected chi connectivity index (χ0v) is 13.8. The average Bonchev–Trinajstić information content (AvgIpc) is 3.35. The Bertz CT molecular complexity index is 676. The average molecular weight is 325 g/mol. The molecule has 0 spiro atoms. The third-order valence-electron chi connectivity index (χ3n) is 5.10. The van der Waals surface area contributed by atoms with Gasteiger partial charge >= 0.3 is 0 Å². The van der Waals surface area contributed by atoms with E-state index < -0.39 is 0 Å². The molecule has 0 radical (unpaired) electrons. The summed E-state index contributed by atoms with van der Waals surface area (Å²) in [5.41, 5.74) is 1.80. The van der Waals surface area contributed by atoms with Crippen molar-refractivity contribution in [1.29, 1.82) is 0 Å². The van der Waals surface area contributed by atoms with E-state index >= 15 is 0 Å². The van der Waals surface area contributed by atoms with Crippen LogP contribution in [0.4, 0.5) is 5.82 Å². The quantitative estimate of drug-likeness (QED) is 0.941. The van der Waals surface area contributed by atoms with Gasteiger partial charge in [-0.2, -0.15) is 5.10 Å². The maximum Gasteiger partial charge on any atom is 0.255 e. The van der Waals surface area contributed by atoms with Crippen LogP contribution in [0.25, 0.3) is 0 Å². The summed E-state index contributed by atoms with van der Waals surface area (Å²) in [5.74, 6) is 1.42. The normalized spacial score (nSPS) is 21.2. The fourth-order valence-electron chi connectivity index (χ4n) is 3.74. The highest BCUT2D eigenvalue weighted by Gasteiger charge is 2.26. The number of hydrogen-bond donors (Lipinski definition) is 1. The number of nitrogens with zero attached hydrogens (tertiary/aromatic N) is 4. The number of carbonyl (C=O) groups is 1. The molecule has 2 aromatic heterocycles. The number of nitrogens with one attached hydrogen (secondary N) is 1. The second-order valence-corrected chi connectivity index (χ2v) is 6.70. The Labute approximate surface area is 141 Å². The lowest BCUT2D eigenvalue weighted by Gasteiger charge is -2.32. The number of H-pyrrole nitrogens is 1. The van der Waals surface area contributed by atoms with Gasteiger partial charge in [0.15, 0.2) is 0 Å². The van der Waals surface area contributed by atoms with Crippen molar-refractivity contribution >= 4 is 11.7 Å². The van der Waals surface area contributed by atoms with Gasteiger partial charge in [0, 0.05) is 50.2 Å². The number of carbonyl (C=O) groups excluding carboxylic acids is 1. The van der Waals surface area contributed by atoms with E-state index in [1.807, 2.05) is 23.1 Å². The van der Waals surface area contributed by atoms with Crippen LogP contribution in [0.3, 0.4) is 0 Å². The Kier molecular flexibility index (Phi) is 4.19. The molecule has 2 aliphatic heterocycles. The molecule has 2 aromatic rings. The zero-order valence-electron chi connectivity index (χ0n) is 13.8. The van der Waals surface area contributed by atoms with E-state index in [4.69, 9.17) is 0 Å². The van der Waals surface area contributed by atoms with Crippen molar-refractivity contribution in [2.45, 2.75) is 31.6 Å². The maximum absolute atomic E-state index is 12.8. The highest BCUT2D eigenvalue weighted by atomic mass is 16.2. The van der Waals surface area contributed by atoms with Crippen LogP contribution in [0, 0.1) is 0 Å². The summed E-state index contributed by atoms with van der Waals surface area (Å²) in [6.07, 6.45) is 8.08. The molecule has 1 atom stereocenters. The van der Waals surface area contributed by atoms with E-state index in [0.717, 1.165) is 50.5 Å². The number of likely N-dealkylation sites (tertiary alicyclic amines) is 1. The van der Waals surface area contributed by atoms with E-state index in [1.54, 1.807) is 12.4 Å². The first-order chi connectivity index (χ1) is 11.8. The van der Waals surface area contributed by atoms with Crippen molar-refractivity contribution in [3.05, 3.63) is 41.9 Å². The number of aromatic nitrogens is 3. The van der Waals surface area contributed by atoms with Crippen LogP contribution in [0.5, 0.6) is 0 Å². The van der Waals surface area contributed by atoms with E-state index in [1.165, 1.54) is 12.8 Å². The van der Waals surface area contributed by atoms with Gasteiger partial charge in [-0.1, -0.05) is 0 Å². The molecule has 126 valence electrons. The van der Waals surface area contributed by atoms with Crippen LogP contribution in [0.2, 0.25) is 0 Å². The molecule has 0 unspecified atom stereocenters. The second kappa shape index (κ2) is 6.63. The topological polar surface area (TPSA) is 65.1 Å². The fourth-order valence-corrected chi connectivity index (χ4v) is 3.74. The standard InChI is InChI=1S/C18H23N5O/c24-18(14-5-6-17(19-12-14)22-9-1-2-10-22)23-11-3-4-15(13-23)16-7-8-20-21-16/h5-8,12,15H,1-4,9-11,13H2,(H,20,21)/t15-/m1/s1. The Hall–Kier alpha value is -2.37. The molecule has 0 aliphatic carbocycles. The summed E-state index contributed by atoms with van der Waals surface area (Å²) in [6.45, 7) is 3.70. The van der Waals surface area contributed by atoms with Gasteiger partial charge in [0.1, 0.15) is 5.82 Å². The minimum Gasteiger partial charge on any atom is -0.357 e. The smallest absolute Gasteiger partial charge is 0.255 e. The van der Waals surface area contributed by atoms with Crippen molar-refractivity contribution in [3.63, 3.8) is 0 Å². The van der Waals surface area contributed by atoms with E-state index in [9.17, 15) is 4.79 Å². The Morgan fingerprint density at radius 1 is 1.12 bits per heavy atom. The first-order valence-electron chi connectivity index (χ1n) is 8.81. The maximum atomic E-state index is 12.8. The van der Waals surface area contributed by atoms with Crippen molar-refractivity contribution < 1.29 is 4.79 Å². The minimum atomic E-state index is 0.0830. The van der Waals surface area contributed by atoms with Gasteiger partial charge in [-0.25, -0.2) is 4.98 Å². The van der Waals surface area contributed by atoms with Crippen molar-refractivity contribution in [3.8, 4) is 0 Å². The zero-order chi connectivity index (χ0) is 16.4. The largest absolute Gasteiger partial charge is 0.357 e. The van der Waals surface area contributed by atoms with Crippen LogP contribution >= 0.6 is 0 Å². The number of piperidine rings is 1. The molecule has 2 saturated heterocycles. The Morgan fingerprint density at radius 3 is 2.71 bits per heavy atom. The molecule has 24 heavy (non-hydrogen) atoms. The summed E-state index contributed by atoms with van der Waals surface area (Å²) in [4.78, 5) is 21.5. The Balaban J connectivity index is 1.44.